The maximum absolute atomic E-state index is 6.79. The highest BCUT2D eigenvalue weighted by molar-refractivity contribution is 7.19. The Morgan fingerprint density at radius 1 is 0.333 bits per heavy atom. The van der Waals surface area contributed by atoms with Gasteiger partial charge in [0.1, 0.15) is 5.75 Å². The molecule has 4 heterocycles. The van der Waals surface area contributed by atoms with Crippen LogP contribution >= 0.6 is 0 Å². The van der Waals surface area contributed by atoms with E-state index in [9.17, 15) is 0 Å². The van der Waals surface area contributed by atoms with Crippen LogP contribution in [0, 0.1) is 0 Å². The van der Waals surface area contributed by atoms with Crippen molar-refractivity contribution in [3.05, 3.63) is 291 Å². The smallest absolute Gasteiger partial charge is 0.238 e. The third-order valence-electron chi connectivity index (χ3n) is 15.5. The van der Waals surface area contributed by atoms with Crippen molar-refractivity contribution in [1.82, 2.24) is 24.1 Å². The van der Waals surface area contributed by atoms with Crippen LogP contribution in [0.15, 0.2) is 285 Å². The second-order valence-electron chi connectivity index (χ2n) is 19.9. The molecule has 0 fully saturated rings. The van der Waals surface area contributed by atoms with Crippen LogP contribution in [0.2, 0.25) is 0 Å². The summed E-state index contributed by atoms with van der Waals surface area (Å²) in [5, 5.41) is 9.59. The molecule has 1 aliphatic heterocycles. The van der Waals surface area contributed by atoms with Crippen molar-refractivity contribution in [2.45, 2.75) is 6.23 Å². The summed E-state index contributed by atoms with van der Waals surface area (Å²) in [5.41, 5.74) is 10.1. The van der Waals surface area contributed by atoms with Crippen LogP contribution in [0.5, 0.6) is 5.75 Å². The number of hydrogen-bond acceptors (Lipinski definition) is 5. The molecule has 1 unspecified atom stereocenters. The number of rotatable bonds is 10. The second kappa shape index (κ2) is 18.6. The summed E-state index contributed by atoms with van der Waals surface area (Å²) >= 11 is 0. The van der Waals surface area contributed by atoms with Crippen LogP contribution in [0.25, 0.3) is 78.0 Å². The van der Waals surface area contributed by atoms with Crippen molar-refractivity contribution in [2.75, 3.05) is 4.90 Å². The molecule has 1 atom stereocenters. The number of fused-ring (bicyclic) bond motifs is 7. The van der Waals surface area contributed by atoms with E-state index in [1.807, 2.05) is 30.3 Å². The van der Waals surface area contributed by atoms with Crippen LogP contribution in [0.3, 0.4) is 0 Å². The lowest BCUT2D eigenvalue weighted by atomic mass is 10.1. The highest BCUT2D eigenvalue weighted by atomic mass is 28.3. The first kappa shape index (κ1) is 45.3. The summed E-state index contributed by atoms with van der Waals surface area (Å²) in [7, 11) is -2.91. The molecule has 7 nitrogen and oxygen atoms in total. The topological polar surface area (TPSA) is 61.0 Å². The minimum Gasteiger partial charge on any atom is -0.464 e. The van der Waals surface area contributed by atoms with E-state index in [0.29, 0.717) is 17.6 Å². The van der Waals surface area contributed by atoms with E-state index >= 15 is 0 Å². The van der Waals surface area contributed by atoms with Gasteiger partial charge in [0.2, 0.25) is 12.2 Å². The van der Waals surface area contributed by atoms with Gasteiger partial charge in [0.25, 0.3) is 0 Å². The first-order chi connectivity index (χ1) is 38.7. The van der Waals surface area contributed by atoms with E-state index in [0.717, 1.165) is 77.7 Å². The zero-order chi connectivity index (χ0) is 51.6. The van der Waals surface area contributed by atoms with Gasteiger partial charge in [-0.25, -0.2) is 4.98 Å². The number of anilines is 2. The first-order valence-electron chi connectivity index (χ1n) is 26.5. The third-order valence-corrected chi connectivity index (χ3v) is 20.3. The third kappa shape index (κ3) is 7.29. The minimum absolute atomic E-state index is 0.368. The summed E-state index contributed by atoms with van der Waals surface area (Å²) in [6, 6.07) is 102. The summed E-state index contributed by atoms with van der Waals surface area (Å²) in [5.74, 6) is 2.53. The average molecular weight is 1020 g/mol. The van der Waals surface area contributed by atoms with Crippen molar-refractivity contribution in [3.63, 3.8) is 0 Å². The van der Waals surface area contributed by atoms with Crippen molar-refractivity contribution in [2.24, 2.45) is 0 Å². The maximum atomic E-state index is 6.79. The molecular weight excluding hydrogens is 969 g/mol. The molecule has 368 valence electrons. The molecule has 0 N–H and O–H groups in total. The van der Waals surface area contributed by atoms with Crippen LogP contribution in [-0.4, -0.2) is 32.2 Å². The second-order valence-corrected chi connectivity index (χ2v) is 23.7. The fraction of sp³-hybridized carbons (Fsp3) is 0.0143. The van der Waals surface area contributed by atoms with Crippen LogP contribution in [0.1, 0.15) is 11.8 Å². The average Bonchev–Trinajstić information content (AvgIpc) is 4.37. The molecule has 0 radical (unpaired) electrons. The fourth-order valence-corrected chi connectivity index (χ4v) is 16.9. The quantitative estimate of drug-likeness (QED) is 0.101. The monoisotopic (exact) mass is 1020 g/mol. The molecular formula is C70H48N6OSi. The molecule has 0 amide bonds. The molecule has 1 aliphatic rings. The van der Waals surface area contributed by atoms with Crippen molar-refractivity contribution >= 4 is 83.8 Å². The van der Waals surface area contributed by atoms with Gasteiger partial charge in [-0.05, 0) is 81.4 Å². The van der Waals surface area contributed by atoms with Crippen LogP contribution in [-0.2, 0) is 0 Å². The highest BCUT2D eigenvalue weighted by Crippen LogP contribution is 2.49. The standard InChI is InChI=1S/C70H48N6OSi/c1-7-24-48(25-8-1)67-71-68(50-28-23-37-56(44-50)78(53-31-13-4-14-32-53,54-33-15-5-16-34-54)55-35-17-6-18-36-55)73-70(72-67)76-62-43-42-52(75-63-40-21-22-41-66(63)77-69(75)49-26-9-2-10-27-49)45-58(62)60-46-59-57-38-19-20-39-61(57)74(64(59)47-65(60)76)51-29-11-3-12-30-51/h1-47,69H. The van der Waals surface area contributed by atoms with Gasteiger partial charge in [0.05, 0.1) is 27.8 Å². The Bertz CT molecular complexity index is 4440. The van der Waals surface area contributed by atoms with Gasteiger partial charge in [-0.2, -0.15) is 9.97 Å². The van der Waals surface area contributed by atoms with Crippen molar-refractivity contribution in [3.8, 4) is 40.2 Å². The van der Waals surface area contributed by atoms with Gasteiger partial charge < -0.3 is 9.30 Å². The van der Waals surface area contributed by atoms with E-state index in [-0.39, 0.29) is 6.23 Å². The zero-order valence-corrected chi connectivity index (χ0v) is 43.3. The van der Waals surface area contributed by atoms with Gasteiger partial charge in [0, 0.05) is 49.6 Å². The van der Waals surface area contributed by atoms with Gasteiger partial charge >= 0.3 is 0 Å². The Morgan fingerprint density at radius 2 is 0.846 bits per heavy atom. The van der Waals surface area contributed by atoms with E-state index in [1.54, 1.807) is 0 Å². The summed E-state index contributed by atoms with van der Waals surface area (Å²) in [6.07, 6.45) is -0.368. The predicted molar refractivity (Wildman–Crippen MR) is 321 cm³/mol. The van der Waals surface area contributed by atoms with E-state index in [4.69, 9.17) is 19.7 Å². The normalized spacial score (nSPS) is 13.3. The SMILES string of the molecule is c1ccc(-c2nc(-c3cccc([Si](c4ccccc4)(c4ccccc4)c4ccccc4)c3)nc(-n3c4ccc(N5c6ccccc6OC5c5ccccc5)cc4c4cc5c6ccccc6n(-c6ccccc6)c5cc43)n2)cc1. The van der Waals surface area contributed by atoms with Gasteiger partial charge in [0.15, 0.2) is 19.7 Å². The summed E-state index contributed by atoms with van der Waals surface area (Å²) in [4.78, 5) is 18.8. The molecule has 15 rings (SSSR count). The van der Waals surface area contributed by atoms with E-state index in [2.05, 4.69) is 269 Å². The Morgan fingerprint density at radius 3 is 1.54 bits per heavy atom. The predicted octanol–water partition coefficient (Wildman–Crippen LogP) is 14.0. The van der Waals surface area contributed by atoms with Gasteiger partial charge in [-0.3, -0.25) is 9.47 Å². The Kier molecular flexibility index (Phi) is 10.8. The first-order valence-corrected chi connectivity index (χ1v) is 28.5. The lowest BCUT2D eigenvalue weighted by Gasteiger charge is -2.34. The minimum atomic E-state index is -2.91. The molecule has 0 spiro atoms. The number of para-hydroxylation sites is 4. The Balaban J connectivity index is 1.01. The molecule has 78 heavy (non-hydrogen) atoms. The Hall–Kier alpha value is -10.2. The lowest BCUT2D eigenvalue weighted by molar-refractivity contribution is 0.240. The molecule has 11 aromatic carbocycles. The summed E-state index contributed by atoms with van der Waals surface area (Å²) < 4.78 is 11.4. The molecule has 0 aliphatic carbocycles. The van der Waals surface area contributed by atoms with Crippen LogP contribution in [0.4, 0.5) is 11.4 Å². The maximum Gasteiger partial charge on any atom is 0.238 e. The van der Waals surface area contributed by atoms with Gasteiger partial charge in [-0.15, -0.1) is 0 Å². The number of ether oxygens (including phenoxy) is 1. The lowest BCUT2D eigenvalue weighted by Crippen LogP contribution is -2.74. The Labute approximate surface area is 452 Å². The molecule has 3 aromatic heterocycles. The zero-order valence-electron chi connectivity index (χ0n) is 42.3. The molecule has 0 bridgehead atoms. The number of aromatic nitrogens is 5. The largest absolute Gasteiger partial charge is 0.464 e. The summed E-state index contributed by atoms with van der Waals surface area (Å²) in [6.45, 7) is 0. The number of benzene rings is 11. The van der Waals surface area contributed by atoms with Crippen molar-refractivity contribution < 1.29 is 4.74 Å². The molecule has 14 aromatic rings. The molecule has 0 saturated carbocycles. The molecule has 0 saturated heterocycles. The van der Waals surface area contributed by atoms with E-state index < -0.39 is 8.07 Å². The van der Waals surface area contributed by atoms with E-state index in [1.165, 1.54) is 26.1 Å². The number of nitrogens with zero attached hydrogens (tertiary/aromatic N) is 6. The fourth-order valence-electron chi connectivity index (χ4n) is 12.1. The molecule has 8 heteroatoms. The highest BCUT2D eigenvalue weighted by Gasteiger charge is 2.42. The van der Waals surface area contributed by atoms with Crippen LogP contribution < -0.4 is 30.4 Å². The van der Waals surface area contributed by atoms with Crippen molar-refractivity contribution in [1.29, 1.82) is 0 Å². The van der Waals surface area contributed by atoms with Gasteiger partial charge in [-0.1, -0.05) is 224 Å². The number of hydrogen-bond donors (Lipinski definition) is 0.